The lowest BCUT2D eigenvalue weighted by Crippen LogP contribution is -2.41. The van der Waals surface area contributed by atoms with Crippen molar-refractivity contribution < 1.29 is 14.6 Å². The summed E-state index contributed by atoms with van der Waals surface area (Å²) in [5.41, 5.74) is 1.93. The monoisotopic (exact) mass is 520 g/mol. The molecule has 182 valence electrons. The molecule has 2 heterocycles. The molecule has 8 heteroatoms. The lowest BCUT2D eigenvalue weighted by molar-refractivity contribution is -0.136. The van der Waals surface area contributed by atoms with Crippen molar-refractivity contribution in [2.75, 3.05) is 24.6 Å². The van der Waals surface area contributed by atoms with Crippen LogP contribution in [0.15, 0.2) is 36.4 Å². The number of piperidine rings is 1. The molecule has 0 aliphatic carbocycles. The second-order valence-corrected chi connectivity index (χ2v) is 11.0. The zero-order valence-corrected chi connectivity index (χ0v) is 21.7. The van der Waals surface area contributed by atoms with Gasteiger partial charge >= 0.3 is 5.97 Å². The number of aliphatic carboxylic acids is 1. The van der Waals surface area contributed by atoms with Gasteiger partial charge in [0.15, 0.2) is 5.13 Å². The Bertz CT molecular complexity index is 1140. The van der Waals surface area contributed by atoms with Crippen LogP contribution in [-0.4, -0.2) is 35.8 Å². The summed E-state index contributed by atoms with van der Waals surface area (Å²) in [6.45, 7) is 4.76. The number of fused-ring (bicyclic) bond motifs is 1. The molecule has 1 N–H and O–H groups in total. The highest BCUT2D eigenvalue weighted by Crippen LogP contribution is 2.42. The number of hydrogen-bond acceptors (Lipinski definition) is 5. The number of aromatic nitrogens is 1. The summed E-state index contributed by atoms with van der Waals surface area (Å²) >= 11 is 14.2. The Hall–Kier alpha value is -2.02. The third-order valence-electron chi connectivity index (χ3n) is 6.74. The van der Waals surface area contributed by atoms with E-state index < -0.39 is 5.97 Å². The maximum Gasteiger partial charge on any atom is 0.307 e. The van der Waals surface area contributed by atoms with Gasteiger partial charge in [-0.2, -0.15) is 0 Å². The van der Waals surface area contributed by atoms with Crippen LogP contribution in [0.2, 0.25) is 10.0 Å². The van der Waals surface area contributed by atoms with Crippen molar-refractivity contribution in [3.05, 3.63) is 52.0 Å². The van der Waals surface area contributed by atoms with E-state index in [1.54, 1.807) is 29.5 Å². The summed E-state index contributed by atoms with van der Waals surface area (Å²) in [7, 11) is 0. The van der Waals surface area contributed by atoms with Crippen LogP contribution in [0, 0.1) is 5.41 Å². The number of carbonyl (C=O) groups is 1. The van der Waals surface area contributed by atoms with E-state index in [4.69, 9.17) is 38.0 Å². The Labute approximate surface area is 214 Å². The second kappa shape index (κ2) is 11.1. The van der Waals surface area contributed by atoms with Gasteiger partial charge in [-0.25, -0.2) is 4.98 Å². The predicted octanol–water partition coefficient (Wildman–Crippen LogP) is 7.48. The molecular formula is C26H30Cl2N2O3S. The number of thiazole rings is 1. The molecule has 34 heavy (non-hydrogen) atoms. The third kappa shape index (κ3) is 6.15. The maximum absolute atomic E-state index is 11.0. The number of benzene rings is 2. The van der Waals surface area contributed by atoms with Gasteiger partial charge in [-0.05, 0) is 67.0 Å². The summed E-state index contributed by atoms with van der Waals surface area (Å²) < 4.78 is 7.19. The first-order chi connectivity index (χ1) is 16.4. The van der Waals surface area contributed by atoms with Crippen LogP contribution in [0.4, 0.5) is 5.13 Å². The van der Waals surface area contributed by atoms with Crippen LogP contribution in [0.3, 0.4) is 0 Å². The van der Waals surface area contributed by atoms with E-state index in [9.17, 15) is 4.79 Å². The molecule has 0 amide bonds. The largest absolute Gasteiger partial charge is 0.492 e. The van der Waals surface area contributed by atoms with Crippen LogP contribution in [0.25, 0.3) is 10.2 Å². The van der Waals surface area contributed by atoms with E-state index in [0.717, 1.165) is 52.7 Å². The van der Waals surface area contributed by atoms with E-state index in [1.807, 2.05) is 18.2 Å². The molecular weight excluding hydrogens is 491 g/mol. The van der Waals surface area contributed by atoms with Gasteiger partial charge in [0.05, 0.1) is 28.3 Å². The number of nitrogens with zero attached hydrogens (tertiary/aromatic N) is 2. The van der Waals surface area contributed by atoms with E-state index in [2.05, 4.69) is 11.8 Å². The van der Waals surface area contributed by atoms with E-state index in [0.29, 0.717) is 22.9 Å². The van der Waals surface area contributed by atoms with Crippen molar-refractivity contribution in [1.82, 2.24) is 4.98 Å². The summed E-state index contributed by atoms with van der Waals surface area (Å²) in [5.74, 6) is -0.300. The Morgan fingerprint density at radius 2 is 1.97 bits per heavy atom. The fraction of sp³-hybridized carbons (Fsp3) is 0.462. The van der Waals surface area contributed by atoms with Gasteiger partial charge in [0.1, 0.15) is 5.75 Å². The van der Waals surface area contributed by atoms with Crippen LogP contribution in [0.5, 0.6) is 5.75 Å². The van der Waals surface area contributed by atoms with Crippen molar-refractivity contribution in [3.63, 3.8) is 0 Å². The molecule has 0 radical (unpaired) electrons. The molecule has 1 aliphatic heterocycles. The molecule has 1 aliphatic rings. The number of carboxylic acids is 1. The van der Waals surface area contributed by atoms with Crippen molar-refractivity contribution in [1.29, 1.82) is 0 Å². The van der Waals surface area contributed by atoms with Gasteiger partial charge in [0, 0.05) is 18.1 Å². The molecule has 0 bridgehead atoms. The van der Waals surface area contributed by atoms with Gasteiger partial charge < -0.3 is 14.7 Å². The molecule has 1 fully saturated rings. The van der Waals surface area contributed by atoms with Gasteiger partial charge in [-0.1, -0.05) is 60.4 Å². The van der Waals surface area contributed by atoms with E-state index >= 15 is 0 Å². The first-order valence-electron chi connectivity index (χ1n) is 11.8. The zero-order chi connectivity index (χ0) is 24.1. The smallest absolute Gasteiger partial charge is 0.307 e. The molecule has 1 aromatic heterocycles. The maximum atomic E-state index is 11.0. The molecule has 0 unspecified atom stereocenters. The lowest BCUT2D eigenvalue weighted by atomic mass is 9.72. The topological polar surface area (TPSA) is 62.7 Å². The van der Waals surface area contributed by atoms with E-state index in [-0.39, 0.29) is 11.8 Å². The van der Waals surface area contributed by atoms with Crippen LogP contribution < -0.4 is 9.64 Å². The number of halogens is 2. The molecule has 4 rings (SSSR count). The lowest BCUT2D eigenvalue weighted by Gasteiger charge is -2.42. The van der Waals surface area contributed by atoms with Gasteiger partial charge in [0.25, 0.3) is 0 Å². The normalized spacial score (nSPS) is 15.6. The number of hydrogen-bond donors (Lipinski definition) is 1. The number of unbranched alkanes of at least 4 members (excludes halogenated alkanes) is 1. The molecule has 0 atom stereocenters. The first-order valence-corrected chi connectivity index (χ1v) is 13.4. The Balaban J connectivity index is 1.39. The van der Waals surface area contributed by atoms with Crippen molar-refractivity contribution in [2.45, 2.75) is 51.9 Å². The van der Waals surface area contributed by atoms with Gasteiger partial charge in [0.2, 0.25) is 0 Å². The first kappa shape index (κ1) is 25.1. The quantitative estimate of drug-likeness (QED) is 0.300. The summed E-state index contributed by atoms with van der Waals surface area (Å²) in [4.78, 5) is 18.3. The highest BCUT2D eigenvalue weighted by molar-refractivity contribution is 7.22. The average molecular weight is 522 g/mol. The second-order valence-electron chi connectivity index (χ2n) is 9.13. The minimum absolute atomic E-state index is 0.0399. The summed E-state index contributed by atoms with van der Waals surface area (Å²) in [6.07, 6.45) is 6.67. The SMILES string of the molecule is CCCCC1(CCOc2cc(CC(=O)O)ccc2Cl)CCN(c2nc3ccc(Cl)cc3s2)CC1. The minimum atomic E-state index is -0.866. The number of ether oxygens (including phenoxy) is 1. The Kier molecular flexibility index (Phi) is 8.22. The highest BCUT2D eigenvalue weighted by Gasteiger charge is 2.34. The standard InChI is InChI=1S/C26H30Cl2N2O3S/c1-2-3-8-26(11-14-33-22-15-18(16-24(31)32)4-6-20(22)28)9-12-30(13-10-26)25-29-21-7-5-19(27)17-23(21)34-25/h4-7,15,17H,2-3,8-14,16H2,1H3,(H,31,32). The molecule has 0 spiro atoms. The van der Waals surface area contributed by atoms with Crippen LogP contribution >= 0.6 is 34.5 Å². The molecule has 0 saturated carbocycles. The predicted molar refractivity (Wildman–Crippen MR) is 141 cm³/mol. The van der Waals surface area contributed by atoms with Crippen molar-refractivity contribution in [3.8, 4) is 5.75 Å². The third-order valence-corrected chi connectivity index (χ3v) is 8.36. The van der Waals surface area contributed by atoms with E-state index in [1.165, 1.54) is 19.3 Å². The van der Waals surface area contributed by atoms with Crippen molar-refractivity contribution >= 4 is 55.9 Å². The van der Waals surface area contributed by atoms with Gasteiger partial charge in [-0.3, -0.25) is 4.79 Å². The fourth-order valence-electron chi connectivity index (χ4n) is 4.69. The molecule has 3 aromatic rings. The minimum Gasteiger partial charge on any atom is -0.492 e. The average Bonchev–Trinajstić information content (AvgIpc) is 3.23. The number of rotatable bonds is 10. The molecule has 1 saturated heterocycles. The summed E-state index contributed by atoms with van der Waals surface area (Å²) in [6, 6.07) is 11.1. The van der Waals surface area contributed by atoms with Crippen molar-refractivity contribution in [2.24, 2.45) is 5.41 Å². The van der Waals surface area contributed by atoms with Crippen LogP contribution in [0.1, 0.15) is 51.0 Å². The molecule has 2 aromatic carbocycles. The fourth-order valence-corrected chi connectivity index (χ4v) is 6.16. The highest BCUT2D eigenvalue weighted by atomic mass is 35.5. The summed E-state index contributed by atoms with van der Waals surface area (Å²) in [5, 5.41) is 11.4. The molecule has 5 nitrogen and oxygen atoms in total. The van der Waals surface area contributed by atoms with Gasteiger partial charge in [-0.15, -0.1) is 0 Å². The Morgan fingerprint density at radius 1 is 1.18 bits per heavy atom. The number of anilines is 1. The zero-order valence-electron chi connectivity index (χ0n) is 19.4. The Morgan fingerprint density at radius 3 is 2.71 bits per heavy atom. The number of carboxylic acid groups (broad SMARTS) is 1. The van der Waals surface area contributed by atoms with Crippen LogP contribution in [-0.2, 0) is 11.2 Å².